The van der Waals surface area contributed by atoms with Crippen LogP contribution in [0, 0.1) is 10.1 Å². The molecule has 0 atom stereocenters. The van der Waals surface area contributed by atoms with Crippen LogP contribution in [0.5, 0.6) is 0 Å². The standard InChI is InChI=1S/C12H9NO3S/c14-8-12-5-4-11(17-12)7-9-2-1-3-10(6-9)13(15)16/h1-6,8H,7H2. The number of benzene rings is 1. The molecule has 0 fully saturated rings. The molecule has 0 saturated heterocycles. The molecular formula is C12H9NO3S. The number of hydrogen-bond acceptors (Lipinski definition) is 4. The fourth-order valence-electron chi connectivity index (χ4n) is 1.53. The molecule has 0 bridgehead atoms. The predicted molar refractivity (Wildman–Crippen MR) is 65.6 cm³/mol. The molecule has 0 spiro atoms. The number of rotatable bonds is 4. The number of nitro benzene ring substituents is 1. The van der Waals surface area contributed by atoms with E-state index in [0.29, 0.717) is 11.3 Å². The molecule has 1 aromatic carbocycles. The quantitative estimate of drug-likeness (QED) is 0.474. The van der Waals surface area contributed by atoms with Gasteiger partial charge in [0, 0.05) is 23.4 Å². The number of nitrogens with zero attached hydrogens (tertiary/aromatic N) is 1. The van der Waals surface area contributed by atoms with Crippen molar-refractivity contribution in [3.8, 4) is 0 Å². The Morgan fingerprint density at radius 1 is 1.29 bits per heavy atom. The van der Waals surface area contributed by atoms with Crippen molar-refractivity contribution in [3.63, 3.8) is 0 Å². The topological polar surface area (TPSA) is 60.2 Å². The fraction of sp³-hybridized carbons (Fsp3) is 0.0833. The summed E-state index contributed by atoms with van der Waals surface area (Å²) < 4.78 is 0. The normalized spacial score (nSPS) is 10.1. The molecule has 0 N–H and O–H groups in total. The molecule has 0 unspecified atom stereocenters. The first-order chi connectivity index (χ1) is 8.19. The van der Waals surface area contributed by atoms with Crippen molar-refractivity contribution < 1.29 is 9.72 Å². The highest BCUT2D eigenvalue weighted by Gasteiger charge is 2.07. The summed E-state index contributed by atoms with van der Waals surface area (Å²) in [6.45, 7) is 0. The van der Waals surface area contributed by atoms with Gasteiger partial charge in [-0.1, -0.05) is 12.1 Å². The monoisotopic (exact) mass is 247 g/mol. The van der Waals surface area contributed by atoms with E-state index < -0.39 is 4.92 Å². The van der Waals surface area contributed by atoms with Crippen molar-refractivity contribution in [2.24, 2.45) is 0 Å². The van der Waals surface area contributed by atoms with Crippen molar-refractivity contribution in [2.75, 3.05) is 0 Å². The Hall–Kier alpha value is -2.01. The van der Waals surface area contributed by atoms with E-state index in [1.165, 1.54) is 17.4 Å². The van der Waals surface area contributed by atoms with Crippen molar-refractivity contribution in [2.45, 2.75) is 6.42 Å². The van der Waals surface area contributed by atoms with Crippen molar-refractivity contribution >= 4 is 23.3 Å². The van der Waals surface area contributed by atoms with E-state index in [9.17, 15) is 14.9 Å². The van der Waals surface area contributed by atoms with Crippen LogP contribution < -0.4 is 0 Å². The number of non-ortho nitro benzene ring substituents is 1. The molecule has 5 heteroatoms. The number of hydrogen-bond donors (Lipinski definition) is 0. The minimum absolute atomic E-state index is 0.0923. The van der Waals surface area contributed by atoms with Gasteiger partial charge in [0.2, 0.25) is 0 Å². The van der Waals surface area contributed by atoms with Crippen molar-refractivity contribution in [1.29, 1.82) is 0 Å². The first-order valence-electron chi connectivity index (χ1n) is 4.96. The Kier molecular flexibility index (Phi) is 3.30. The summed E-state index contributed by atoms with van der Waals surface area (Å²) in [5.74, 6) is 0. The van der Waals surface area contributed by atoms with Gasteiger partial charge in [-0.25, -0.2) is 0 Å². The maximum atomic E-state index is 10.6. The highest BCUT2D eigenvalue weighted by atomic mass is 32.1. The first-order valence-corrected chi connectivity index (χ1v) is 5.78. The second-order valence-corrected chi connectivity index (χ2v) is 4.73. The summed E-state index contributed by atoms with van der Waals surface area (Å²) >= 11 is 1.40. The Morgan fingerprint density at radius 2 is 2.12 bits per heavy atom. The van der Waals surface area contributed by atoms with E-state index >= 15 is 0 Å². The molecule has 0 radical (unpaired) electrons. The summed E-state index contributed by atoms with van der Waals surface area (Å²) in [4.78, 5) is 22.4. The summed E-state index contributed by atoms with van der Waals surface area (Å²) in [6, 6.07) is 10.2. The lowest BCUT2D eigenvalue weighted by Crippen LogP contribution is -1.90. The van der Waals surface area contributed by atoms with Gasteiger partial charge < -0.3 is 0 Å². The third kappa shape index (κ3) is 2.76. The number of nitro groups is 1. The lowest BCUT2D eigenvalue weighted by atomic mass is 10.1. The van der Waals surface area contributed by atoms with E-state index in [4.69, 9.17) is 0 Å². The van der Waals surface area contributed by atoms with Gasteiger partial charge in [0.25, 0.3) is 5.69 Å². The highest BCUT2D eigenvalue weighted by molar-refractivity contribution is 7.13. The molecule has 1 aromatic heterocycles. The number of carbonyl (C=O) groups excluding carboxylic acids is 1. The second-order valence-electron chi connectivity index (χ2n) is 3.53. The SMILES string of the molecule is O=Cc1ccc(Cc2cccc([N+](=O)[O-])c2)s1. The largest absolute Gasteiger partial charge is 0.297 e. The van der Waals surface area contributed by atoms with E-state index in [-0.39, 0.29) is 5.69 Å². The van der Waals surface area contributed by atoms with Crippen LogP contribution in [-0.4, -0.2) is 11.2 Å². The highest BCUT2D eigenvalue weighted by Crippen LogP contribution is 2.21. The number of carbonyl (C=O) groups is 1. The van der Waals surface area contributed by atoms with Crippen LogP contribution >= 0.6 is 11.3 Å². The lowest BCUT2D eigenvalue weighted by Gasteiger charge is -1.98. The molecule has 2 aromatic rings. The Labute approximate surface area is 102 Å². The Bertz CT molecular complexity index is 562. The summed E-state index contributed by atoms with van der Waals surface area (Å²) in [7, 11) is 0. The van der Waals surface area contributed by atoms with Crippen LogP contribution in [0.1, 0.15) is 20.1 Å². The molecular weight excluding hydrogens is 238 g/mol. The molecule has 0 aliphatic carbocycles. The molecule has 2 rings (SSSR count). The lowest BCUT2D eigenvalue weighted by molar-refractivity contribution is -0.384. The van der Waals surface area contributed by atoms with Crippen LogP contribution in [0.4, 0.5) is 5.69 Å². The average molecular weight is 247 g/mol. The molecule has 4 nitrogen and oxygen atoms in total. The number of thiophene rings is 1. The van der Waals surface area contributed by atoms with Gasteiger partial charge in [-0.2, -0.15) is 0 Å². The number of aldehydes is 1. The zero-order valence-corrected chi connectivity index (χ0v) is 9.65. The van der Waals surface area contributed by atoms with Gasteiger partial charge in [0.05, 0.1) is 9.80 Å². The maximum absolute atomic E-state index is 10.6. The molecule has 0 aliphatic rings. The van der Waals surface area contributed by atoms with Crippen LogP contribution in [0.3, 0.4) is 0 Å². The van der Waals surface area contributed by atoms with Gasteiger partial charge in [-0.15, -0.1) is 11.3 Å². The van der Waals surface area contributed by atoms with E-state index in [2.05, 4.69) is 0 Å². The second kappa shape index (κ2) is 4.88. The zero-order valence-electron chi connectivity index (χ0n) is 8.83. The van der Waals surface area contributed by atoms with Gasteiger partial charge in [-0.3, -0.25) is 14.9 Å². The van der Waals surface area contributed by atoms with Crippen LogP contribution in [0.2, 0.25) is 0 Å². The summed E-state index contributed by atoms with van der Waals surface area (Å²) in [6.07, 6.45) is 1.42. The van der Waals surface area contributed by atoms with Gasteiger partial charge in [-0.05, 0) is 17.7 Å². The fourth-order valence-corrected chi connectivity index (χ4v) is 2.40. The molecule has 0 saturated carbocycles. The maximum Gasteiger partial charge on any atom is 0.269 e. The van der Waals surface area contributed by atoms with Crippen molar-refractivity contribution in [3.05, 3.63) is 61.8 Å². The van der Waals surface area contributed by atoms with E-state index in [1.54, 1.807) is 18.2 Å². The first kappa shape index (κ1) is 11.5. The van der Waals surface area contributed by atoms with Crippen molar-refractivity contribution in [1.82, 2.24) is 0 Å². The van der Waals surface area contributed by atoms with Crippen LogP contribution in [0.15, 0.2) is 36.4 Å². The molecule has 0 aliphatic heterocycles. The Balaban J connectivity index is 2.20. The minimum Gasteiger partial charge on any atom is -0.297 e. The Morgan fingerprint density at radius 3 is 2.76 bits per heavy atom. The smallest absolute Gasteiger partial charge is 0.269 e. The molecule has 1 heterocycles. The van der Waals surface area contributed by atoms with Gasteiger partial charge in [0.1, 0.15) is 0 Å². The summed E-state index contributed by atoms with van der Waals surface area (Å²) in [5, 5.41) is 10.6. The van der Waals surface area contributed by atoms with Gasteiger partial charge >= 0.3 is 0 Å². The van der Waals surface area contributed by atoms with Gasteiger partial charge in [0.15, 0.2) is 6.29 Å². The van der Waals surface area contributed by atoms with Crippen LogP contribution in [0.25, 0.3) is 0 Å². The third-order valence-electron chi connectivity index (χ3n) is 2.30. The molecule has 17 heavy (non-hydrogen) atoms. The molecule has 0 amide bonds. The van der Waals surface area contributed by atoms with Crippen LogP contribution in [-0.2, 0) is 6.42 Å². The summed E-state index contributed by atoms with van der Waals surface area (Å²) in [5.41, 5.74) is 0.966. The minimum atomic E-state index is -0.408. The van der Waals surface area contributed by atoms with E-state index in [1.807, 2.05) is 12.1 Å². The van der Waals surface area contributed by atoms with E-state index in [0.717, 1.165) is 16.7 Å². The molecule has 86 valence electrons. The third-order valence-corrected chi connectivity index (χ3v) is 3.31. The average Bonchev–Trinajstić information content (AvgIpc) is 2.77. The zero-order chi connectivity index (χ0) is 12.3. The predicted octanol–water partition coefficient (Wildman–Crippen LogP) is 3.06.